The Balaban J connectivity index is 2.05. The lowest BCUT2D eigenvalue weighted by Crippen LogP contribution is -2.50. The Morgan fingerprint density at radius 1 is 1.21 bits per heavy atom. The molecule has 1 aromatic carbocycles. The monoisotopic (exact) mass is 334 g/mol. The Hall–Kier alpha value is -2.95. The summed E-state index contributed by atoms with van der Waals surface area (Å²) in [7, 11) is 0. The number of rotatable bonds is 3. The molecule has 1 fully saturated rings. The van der Waals surface area contributed by atoms with E-state index in [1.54, 1.807) is 11.0 Å². The molecule has 1 saturated heterocycles. The molecule has 6 nitrogen and oxygen atoms in total. The summed E-state index contributed by atoms with van der Waals surface area (Å²) in [6, 6.07) is 4.59. The number of hydrogen-bond acceptors (Lipinski definition) is 4. The van der Waals surface area contributed by atoms with Gasteiger partial charge in [-0.2, -0.15) is 5.26 Å². The first-order valence-corrected chi connectivity index (χ1v) is 7.29. The fourth-order valence-corrected chi connectivity index (χ4v) is 2.29. The second kappa shape index (κ2) is 7.55. The van der Waals surface area contributed by atoms with E-state index in [0.717, 1.165) is 24.4 Å². The van der Waals surface area contributed by atoms with Crippen LogP contribution in [0.4, 0.5) is 14.5 Å². The van der Waals surface area contributed by atoms with E-state index in [1.807, 2.05) is 0 Å². The second-order valence-corrected chi connectivity index (χ2v) is 5.24. The van der Waals surface area contributed by atoms with Gasteiger partial charge in [0.25, 0.3) is 5.91 Å². The third-order valence-electron chi connectivity index (χ3n) is 3.66. The molecule has 2 rings (SSSR count). The average molecular weight is 334 g/mol. The van der Waals surface area contributed by atoms with Gasteiger partial charge in [0, 0.05) is 45.4 Å². The zero-order valence-electron chi connectivity index (χ0n) is 13.1. The van der Waals surface area contributed by atoms with Gasteiger partial charge in [0.2, 0.25) is 5.91 Å². The number of carbonyl (C=O) groups excluding carboxylic acids is 2. The Morgan fingerprint density at radius 2 is 1.83 bits per heavy atom. The van der Waals surface area contributed by atoms with E-state index in [-0.39, 0.29) is 17.2 Å². The maximum absolute atomic E-state index is 13.5. The summed E-state index contributed by atoms with van der Waals surface area (Å²) < 4.78 is 26.6. The minimum atomic E-state index is -0.701. The minimum Gasteiger partial charge on any atom is -0.358 e. The van der Waals surface area contributed by atoms with Crippen LogP contribution in [0.1, 0.15) is 6.92 Å². The lowest BCUT2D eigenvalue weighted by molar-refractivity contribution is -0.136. The molecule has 1 N–H and O–H groups in total. The highest BCUT2D eigenvalue weighted by Crippen LogP contribution is 2.16. The summed E-state index contributed by atoms with van der Waals surface area (Å²) in [6.45, 7) is 2.87. The molecule has 126 valence electrons. The van der Waals surface area contributed by atoms with Crippen molar-refractivity contribution in [1.82, 2.24) is 9.80 Å². The Labute approximate surface area is 138 Å². The highest BCUT2D eigenvalue weighted by molar-refractivity contribution is 5.97. The number of carbonyl (C=O) groups is 2. The second-order valence-electron chi connectivity index (χ2n) is 5.24. The zero-order valence-corrected chi connectivity index (χ0v) is 13.1. The van der Waals surface area contributed by atoms with Crippen LogP contribution in [0, 0.1) is 23.0 Å². The molecule has 0 aliphatic carbocycles. The topological polar surface area (TPSA) is 76.4 Å². The number of halogens is 2. The number of benzene rings is 1. The molecule has 1 aliphatic rings. The first kappa shape index (κ1) is 17.4. The zero-order chi connectivity index (χ0) is 17.7. The highest BCUT2D eigenvalue weighted by Gasteiger charge is 2.24. The molecular weight excluding hydrogens is 318 g/mol. The Bertz CT molecular complexity index is 719. The van der Waals surface area contributed by atoms with Crippen molar-refractivity contribution in [3.8, 4) is 6.07 Å². The van der Waals surface area contributed by atoms with Crippen LogP contribution in [0.2, 0.25) is 0 Å². The van der Waals surface area contributed by atoms with E-state index in [9.17, 15) is 18.4 Å². The van der Waals surface area contributed by atoms with Crippen molar-refractivity contribution < 1.29 is 18.4 Å². The molecule has 8 heteroatoms. The first-order valence-electron chi connectivity index (χ1n) is 7.29. The molecule has 1 aromatic rings. The molecule has 0 bridgehead atoms. The van der Waals surface area contributed by atoms with Crippen LogP contribution in [-0.4, -0.2) is 47.8 Å². The van der Waals surface area contributed by atoms with Gasteiger partial charge < -0.3 is 15.1 Å². The van der Waals surface area contributed by atoms with Crippen LogP contribution in [0.15, 0.2) is 30.0 Å². The molecule has 24 heavy (non-hydrogen) atoms. The summed E-state index contributed by atoms with van der Waals surface area (Å²) in [5.74, 6) is -1.93. The predicted octanol–water partition coefficient (Wildman–Crippen LogP) is 1.47. The number of anilines is 1. The summed E-state index contributed by atoms with van der Waals surface area (Å²) in [4.78, 5) is 26.6. The summed E-state index contributed by atoms with van der Waals surface area (Å²) in [5, 5.41) is 11.6. The molecule has 0 spiro atoms. The van der Waals surface area contributed by atoms with Crippen LogP contribution in [0.3, 0.4) is 0 Å². The normalized spacial score (nSPS) is 15.0. The van der Waals surface area contributed by atoms with Gasteiger partial charge in [-0.1, -0.05) is 0 Å². The number of nitrogens with zero attached hydrogens (tertiary/aromatic N) is 3. The molecule has 0 saturated carbocycles. The number of amides is 2. The van der Waals surface area contributed by atoms with Gasteiger partial charge in [-0.3, -0.25) is 9.59 Å². The molecule has 1 aliphatic heterocycles. The molecule has 2 amide bonds. The van der Waals surface area contributed by atoms with Crippen LogP contribution >= 0.6 is 0 Å². The largest absolute Gasteiger partial charge is 0.358 e. The van der Waals surface area contributed by atoms with Gasteiger partial charge in [0.05, 0.1) is 5.69 Å². The standard InChI is InChI=1S/C16H16F2N4O2/c1-11(23)21-4-6-22(7-5-21)16(24)12(9-19)10-20-15-8-13(17)2-3-14(15)18/h2-3,8,10,20H,4-7H2,1H3/b12-10-. The summed E-state index contributed by atoms with van der Waals surface area (Å²) >= 11 is 0. The molecule has 0 radical (unpaired) electrons. The highest BCUT2D eigenvalue weighted by atomic mass is 19.1. The van der Waals surface area contributed by atoms with Gasteiger partial charge in [0.1, 0.15) is 23.3 Å². The van der Waals surface area contributed by atoms with Crippen molar-refractivity contribution >= 4 is 17.5 Å². The number of hydrogen-bond donors (Lipinski definition) is 1. The fourth-order valence-electron chi connectivity index (χ4n) is 2.29. The first-order chi connectivity index (χ1) is 11.4. The van der Waals surface area contributed by atoms with Crippen molar-refractivity contribution in [2.75, 3.05) is 31.5 Å². The third kappa shape index (κ3) is 4.07. The SMILES string of the molecule is CC(=O)N1CCN(C(=O)/C(C#N)=C\Nc2cc(F)ccc2F)CC1. The predicted molar refractivity (Wildman–Crippen MR) is 82.5 cm³/mol. The third-order valence-corrected chi connectivity index (χ3v) is 3.66. The average Bonchev–Trinajstić information content (AvgIpc) is 2.58. The minimum absolute atomic E-state index is 0.0682. The number of piperazine rings is 1. The van der Waals surface area contributed by atoms with Gasteiger partial charge in [-0.25, -0.2) is 8.78 Å². The Kier molecular flexibility index (Phi) is 5.47. The van der Waals surface area contributed by atoms with E-state index in [0.29, 0.717) is 26.2 Å². The number of nitriles is 1. The van der Waals surface area contributed by atoms with Gasteiger partial charge in [0.15, 0.2) is 0 Å². The van der Waals surface area contributed by atoms with E-state index >= 15 is 0 Å². The lowest BCUT2D eigenvalue weighted by atomic mass is 10.2. The van der Waals surface area contributed by atoms with Crippen molar-refractivity contribution in [2.45, 2.75) is 6.92 Å². The van der Waals surface area contributed by atoms with Crippen LogP contribution in [0.25, 0.3) is 0 Å². The van der Waals surface area contributed by atoms with Gasteiger partial charge in [-0.05, 0) is 12.1 Å². The fraction of sp³-hybridized carbons (Fsp3) is 0.312. The van der Waals surface area contributed by atoms with Crippen LogP contribution in [-0.2, 0) is 9.59 Å². The van der Waals surface area contributed by atoms with E-state index in [4.69, 9.17) is 5.26 Å². The molecule has 0 unspecified atom stereocenters. The lowest BCUT2D eigenvalue weighted by Gasteiger charge is -2.34. The van der Waals surface area contributed by atoms with E-state index in [1.165, 1.54) is 11.8 Å². The van der Waals surface area contributed by atoms with Gasteiger partial charge >= 0.3 is 0 Å². The van der Waals surface area contributed by atoms with Crippen molar-refractivity contribution in [3.05, 3.63) is 41.6 Å². The maximum atomic E-state index is 13.5. The van der Waals surface area contributed by atoms with Crippen molar-refractivity contribution in [3.63, 3.8) is 0 Å². The molecule has 0 aromatic heterocycles. The summed E-state index contributed by atoms with van der Waals surface area (Å²) in [6.07, 6.45) is 1.05. The number of nitrogens with one attached hydrogen (secondary N) is 1. The van der Waals surface area contributed by atoms with Crippen LogP contribution < -0.4 is 5.32 Å². The molecule has 1 heterocycles. The molecular formula is C16H16F2N4O2. The van der Waals surface area contributed by atoms with Crippen molar-refractivity contribution in [1.29, 1.82) is 5.26 Å². The quantitative estimate of drug-likeness (QED) is 0.671. The molecule has 0 atom stereocenters. The van der Waals surface area contributed by atoms with Gasteiger partial charge in [-0.15, -0.1) is 0 Å². The van der Waals surface area contributed by atoms with Crippen molar-refractivity contribution in [2.24, 2.45) is 0 Å². The van der Waals surface area contributed by atoms with Crippen LogP contribution in [0.5, 0.6) is 0 Å². The van der Waals surface area contributed by atoms with E-state index < -0.39 is 17.5 Å². The Morgan fingerprint density at radius 3 is 2.42 bits per heavy atom. The smallest absolute Gasteiger partial charge is 0.266 e. The summed E-state index contributed by atoms with van der Waals surface area (Å²) in [5.41, 5.74) is -0.396. The maximum Gasteiger partial charge on any atom is 0.266 e. The van der Waals surface area contributed by atoms with E-state index in [2.05, 4.69) is 5.32 Å².